The summed E-state index contributed by atoms with van der Waals surface area (Å²) in [5.41, 5.74) is 1.55. The van der Waals surface area contributed by atoms with Gasteiger partial charge in [-0.1, -0.05) is 6.92 Å². The molecule has 0 bridgehead atoms. The van der Waals surface area contributed by atoms with Gasteiger partial charge in [-0.3, -0.25) is 4.90 Å². The van der Waals surface area contributed by atoms with E-state index < -0.39 is 0 Å². The molecule has 0 N–H and O–H groups in total. The van der Waals surface area contributed by atoms with Crippen LogP contribution in [0.1, 0.15) is 36.6 Å². The summed E-state index contributed by atoms with van der Waals surface area (Å²) in [4.78, 5) is 17.1. The molecule has 3 heterocycles. The van der Waals surface area contributed by atoms with Crippen molar-refractivity contribution in [2.45, 2.75) is 39.0 Å². The molecular formula is C17H24N4S. The number of nitrogens with zero attached hydrogens (tertiary/aromatic N) is 4. The molecule has 22 heavy (non-hydrogen) atoms. The maximum Gasteiger partial charge on any atom is 0.141 e. The van der Waals surface area contributed by atoms with E-state index in [0.717, 1.165) is 26.2 Å². The highest BCUT2D eigenvalue weighted by molar-refractivity contribution is 7.19. The molecule has 4 nitrogen and oxygen atoms in total. The molecule has 0 aromatic carbocycles. The highest BCUT2D eigenvalue weighted by Crippen LogP contribution is 2.39. The Bertz CT molecular complexity index is 658. The number of hydrogen-bond donors (Lipinski definition) is 0. The van der Waals surface area contributed by atoms with Gasteiger partial charge in [-0.2, -0.15) is 0 Å². The zero-order valence-electron chi connectivity index (χ0n) is 13.3. The molecule has 2 aromatic rings. The number of hydrogen-bond acceptors (Lipinski definition) is 5. The number of thiophene rings is 1. The van der Waals surface area contributed by atoms with Crippen LogP contribution in [0.25, 0.3) is 10.2 Å². The van der Waals surface area contributed by atoms with Gasteiger partial charge in [0.15, 0.2) is 0 Å². The first kappa shape index (κ1) is 14.4. The Morgan fingerprint density at radius 2 is 1.91 bits per heavy atom. The SMILES string of the molecule is CCCN1CCN(c2ncnc3sc4c(c23)CCCC4)CC1. The number of anilines is 1. The Balaban J connectivity index is 1.66. The van der Waals surface area contributed by atoms with Crippen molar-refractivity contribution >= 4 is 27.4 Å². The summed E-state index contributed by atoms with van der Waals surface area (Å²) >= 11 is 1.90. The van der Waals surface area contributed by atoms with E-state index in [-0.39, 0.29) is 0 Å². The molecular weight excluding hydrogens is 292 g/mol. The van der Waals surface area contributed by atoms with Crippen LogP contribution >= 0.6 is 11.3 Å². The van der Waals surface area contributed by atoms with Gasteiger partial charge in [0.1, 0.15) is 17.0 Å². The molecule has 5 heteroatoms. The van der Waals surface area contributed by atoms with Gasteiger partial charge >= 0.3 is 0 Å². The third-order valence-electron chi connectivity index (χ3n) is 4.94. The van der Waals surface area contributed by atoms with Crippen LogP contribution in [0.4, 0.5) is 5.82 Å². The van der Waals surface area contributed by atoms with Gasteiger partial charge in [0, 0.05) is 31.1 Å². The van der Waals surface area contributed by atoms with Crippen LogP contribution in [0, 0.1) is 0 Å². The monoisotopic (exact) mass is 316 g/mol. The Morgan fingerprint density at radius 3 is 2.73 bits per heavy atom. The minimum Gasteiger partial charge on any atom is -0.353 e. The fraction of sp³-hybridized carbons (Fsp3) is 0.647. The first-order valence-corrected chi connectivity index (χ1v) is 9.41. The van der Waals surface area contributed by atoms with Gasteiger partial charge in [-0.25, -0.2) is 9.97 Å². The van der Waals surface area contributed by atoms with Gasteiger partial charge in [0.2, 0.25) is 0 Å². The molecule has 0 unspecified atom stereocenters. The average Bonchev–Trinajstić information content (AvgIpc) is 2.94. The summed E-state index contributed by atoms with van der Waals surface area (Å²) in [5.74, 6) is 1.19. The van der Waals surface area contributed by atoms with Gasteiger partial charge in [-0.05, 0) is 44.2 Å². The first-order chi connectivity index (χ1) is 10.9. The van der Waals surface area contributed by atoms with Crippen LogP contribution in [0.5, 0.6) is 0 Å². The number of aromatic nitrogens is 2. The summed E-state index contributed by atoms with van der Waals surface area (Å²) in [6.07, 6.45) is 8.11. The van der Waals surface area contributed by atoms with Crippen LogP contribution in [-0.4, -0.2) is 47.6 Å². The standard InChI is InChI=1S/C17H24N4S/c1-2-7-20-8-10-21(11-9-20)16-15-13-5-3-4-6-14(13)22-17(15)19-12-18-16/h12H,2-11H2,1H3. The Hall–Kier alpha value is -1.20. The molecule has 0 spiro atoms. The normalized spacial score (nSPS) is 19.6. The van der Waals surface area contributed by atoms with Crippen molar-refractivity contribution in [1.29, 1.82) is 0 Å². The summed E-state index contributed by atoms with van der Waals surface area (Å²) < 4.78 is 0. The molecule has 1 saturated heterocycles. The van der Waals surface area contributed by atoms with Crippen molar-refractivity contribution in [2.75, 3.05) is 37.6 Å². The van der Waals surface area contributed by atoms with Gasteiger partial charge < -0.3 is 4.90 Å². The fourth-order valence-corrected chi connectivity index (χ4v) is 5.04. The third kappa shape index (κ3) is 2.50. The van der Waals surface area contributed by atoms with Crippen LogP contribution in [0.2, 0.25) is 0 Å². The van der Waals surface area contributed by atoms with Crippen LogP contribution in [-0.2, 0) is 12.8 Å². The minimum atomic E-state index is 1.09. The maximum absolute atomic E-state index is 4.68. The van der Waals surface area contributed by atoms with E-state index in [4.69, 9.17) is 0 Å². The smallest absolute Gasteiger partial charge is 0.141 e. The molecule has 1 fully saturated rings. The van der Waals surface area contributed by atoms with Crippen molar-refractivity contribution in [3.8, 4) is 0 Å². The predicted molar refractivity (Wildman–Crippen MR) is 93.0 cm³/mol. The molecule has 2 aliphatic rings. The zero-order chi connectivity index (χ0) is 14.9. The summed E-state index contributed by atoms with van der Waals surface area (Å²) in [7, 11) is 0. The molecule has 4 rings (SSSR count). The van der Waals surface area contributed by atoms with Gasteiger partial charge in [-0.15, -0.1) is 11.3 Å². The second kappa shape index (κ2) is 6.13. The van der Waals surface area contributed by atoms with Gasteiger partial charge in [0.25, 0.3) is 0 Å². The predicted octanol–water partition coefficient (Wildman–Crippen LogP) is 3.10. The minimum absolute atomic E-state index is 1.09. The van der Waals surface area contributed by atoms with Crippen molar-refractivity contribution in [3.63, 3.8) is 0 Å². The van der Waals surface area contributed by atoms with E-state index in [9.17, 15) is 0 Å². The highest BCUT2D eigenvalue weighted by atomic mass is 32.1. The summed E-state index contributed by atoms with van der Waals surface area (Å²) in [6, 6.07) is 0. The number of fused-ring (bicyclic) bond motifs is 3. The molecule has 1 aliphatic carbocycles. The van der Waals surface area contributed by atoms with Crippen molar-refractivity contribution < 1.29 is 0 Å². The Labute approximate surface area is 136 Å². The topological polar surface area (TPSA) is 32.3 Å². The van der Waals surface area contributed by atoms with Crippen LogP contribution < -0.4 is 4.90 Å². The molecule has 0 amide bonds. The maximum atomic E-state index is 4.68. The van der Waals surface area contributed by atoms with Crippen molar-refractivity contribution in [1.82, 2.24) is 14.9 Å². The molecule has 0 atom stereocenters. The lowest BCUT2D eigenvalue weighted by Gasteiger charge is -2.35. The van der Waals surface area contributed by atoms with Crippen molar-refractivity contribution in [2.24, 2.45) is 0 Å². The zero-order valence-corrected chi connectivity index (χ0v) is 14.2. The third-order valence-corrected chi connectivity index (χ3v) is 6.14. The number of piperazine rings is 1. The molecule has 0 radical (unpaired) electrons. The van der Waals surface area contributed by atoms with E-state index in [1.165, 1.54) is 54.7 Å². The second-order valence-corrected chi connectivity index (χ2v) is 7.50. The van der Waals surface area contributed by atoms with E-state index >= 15 is 0 Å². The average molecular weight is 316 g/mol. The lowest BCUT2D eigenvalue weighted by Crippen LogP contribution is -2.46. The molecule has 2 aromatic heterocycles. The molecule has 1 aliphatic heterocycles. The second-order valence-electron chi connectivity index (χ2n) is 6.42. The fourth-order valence-electron chi connectivity index (χ4n) is 3.81. The number of rotatable bonds is 3. The van der Waals surface area contributed by atoms with Crippen LogP contribution in [0.15, 0.2) is 6.33 Å². The van der Waals surface area contributed by atoms with E-state index in [2.05, 4.69) is 26.7 Å². The Kier molecular flexibility index (Phi) is 4.01. The Morgan fingerprint density at radius 1 is 1.09 bits per heavy atom. The molecule has 0 saturated carbocycles. The molecule has 118 valence electrons. The summed E-state index contributed by atoms with van der Waals surface area (Å²) in [5, 5.41) is 1.37. The lowest BCUT2D eigenvalue weighted by molar-refractivity contribution is 0.258. The largest absolute Gasteiger partial charge is 0.353 e. The van der Waals surface area contributed by atoms with E-state index in [1.807, 2.05) is 11.3 Å². The first-order valence-electron chi connectivity index (χ1n) is 8.59. The van der Waals surface area contributed by atoms with E-state index in [0.29, 0.717) is 0 Å². The lowest BCUT2D eigenvalue weighted by atomic mass is 9.97. The van der Waals surface area contributed by atoms with Gasteiger partial charge in [0.05, 0.1) is 5.39 Å². The highest BCUT2D eigenvalue weighted by Gasteiger charge is 2.24. The van der Waals surface area contributed by atoms with Crippen LogP contribution in [0.3, 0.4) is 0 Å². The summed E-state index contributed by atoms with van der Waals surface area (Å²) in [6.45, 7) is 7.99. The van der Waals surface area contributed by atoms with Crippen molar-refractivity contribution in [3.05, 3.63) is 16.8 Å². The quantitative estimate of drug-likeness (QED) is 0.871. The number of aryl methyl sites for hydroxylation is 2. The van der Waals surface area contributed by atoms with E-state index in [1.54, 1.807) is 16.8 Å².